The van der Waals surface area contributed by atoms with E-state index >= 15 is 0 Å². The Morgan fingerprint density at radius 3 is 2.89 bits per heavy atom. The van der Waals surface area contributed by atoms with Gasteiger partial charge in [0, 0.05) is 0 Å². The minimum absolute atomic E-state index is 0.401. The number of nitriles is 1. The van der Waals surface area contributed by atoms with E-state index in [-0.39, 0.29) is 0 Å². The molecule has 0 bridgehead atoms. The Hall–Kier alpha value is -2.48. The number of nitrogens with two attached hydrogens (primary N) is 1. The van der Waals surface area contributed by atoms with Crippen LogP contribution in [0.1, 0.15) is 16.8 Å². The van der Waals surface area contributed by atoms with Gasteiger partial charge in [-0.2, -0.15) is 10.4 Å². The average Bonchev–Trinajstić information content (AvgIpc) is 2.64. The summed E-state index contributed by atoms with van der Waals surface area (Å²) in [7, 11) is 1.62. The third kappa shape index (κ3) is 2.13. The highest BCUT2D eigenvalue weighted by Crippen LogP contribution is 2.18. The number of benzene rings is 1. The van der Waals surface area contributed by atoms with Crippen LogP contribution in [0, 0.1) is 18.3 Å². The molecule has 0 spiro atoms. The Morgan fingerprint density at radius 1 is 1.50 bits per heavy atom. The fourth-order valence-corrected chi connectivity index (χ4v) is 1.80. The molecule has 5 heteroatoms. The van der Waals surface area contributed by atoms with Crippen LogP contribution in [0.3, 0.4) is 0 Å². The predicted octanol–water partition coefficient (Wildman–Crippen LogP) is 1.70. The number of hydrogen-bond donors (Lipinski definition) is 1. The van der Waals surface area contributed by atoms with Crippen molar-refractivity contribution in [2.75, 3.05) is 12.8 Å². The topological polar surface area (TPSA) is 76.9 Å². The molecular formula is C13H14N4O. The fourth-order valence-electron chi connectivity index (χ4n) is 1.80. The maximum Gasteiger partial charge on any atom is 0.140 e. The molecule has 1 aromatic heterocycles. The van der Waals surface area contributed by atoms with E-state index in [0.29, 0.717) is 23.6 Å². The van der Waals surface area contributed by atoms with Gasteiger partial charge in [0.15, 0.2) is 0 Å². The van der Waals surface area contributed by atoms with Crippen molar-refractivity contribution in [3.63, 3.8) is 0 Å². The van der Waals surface area contributed by atoms with E-state index in [1.807, 2.05) is 24.3 Å². The molecule has 0 radical (unpaired) electrons. The van der Waals surface area contributed by atoms with Crippen molar-refractivity contribution >= 4 is 5.82 Å². The number of aromatic nitrogens is 2. The summed E-state index contributed by atoms with van der Waals surface area (Å²) in [4.78, 5) is 0. The summed E-state index contributed by atoms with van der Waals surface area (Å²) in [6.45, 7) is 2.29. The predicted molar refractivity (Wildman–Crippen MR) is 68.2 cm³/mol. The van der Waals surface area contributed by atoms with Crippen LogP contribution in [0.5, 0.6) is 5.75 Å². The van der Waals surface area contributed by atoms with E-state index in [9.17, 15) is 0 Å². The average molecular weight is 242 g/mol. The molecule has 1 aromatic carbocycles. The summed E-state index contributed by atoms with van der Waals surface area (Å²) >= 11 is 0. The second kappa shape index (κ2) is 4.80. The number of nitrogens with zero attached hydrogens (tertiary/aromatic N) is 3. The summed E-state index contributed by atoms with van der Waals surface area (Å²) < 4.78 is 6.79. The lowest BCUT2D eigenvalue weighted by molar-refractivity contribution is 0.414. The van der Waals surface area contributed by atoms with E-state index in [1.54, 1.807) is 18.7 Å². The molecule has 0 amide bonds. The molecule has 0 aliphatic carbocycles. The second-order valence-electron chi connectivity index (χ2n) is 3.97. The maximum atomic E-state index is 8.96. The van der Waals surface area contributed by atoms with Crippen molar-refractivity contribution in [2.45, 2.75) is 13.5 Å². The van der Waals surface area contributed by atoms with Gasteiger partial charge in [0.2, 0.25) is 0 Å². The second-order valence-corrected chi connectivity index (χ2v) is 3.97. The maximum absolute atomic E-state index is 8.96. The van der Waals surface area contributed by atoms with Crippen molar-refractivity contribution in [2.24, 2.45) is 0 Å². The first-order chi connectivity index (χ1) is 8.65. The largest absolute Gasteiger partial charge is 0.497 e. The molecule has 92 valence electrons. The summed E-state index contributed by atoms with van der Waals surface area (Å²) in [5.41, 5.74) is 7.99. The first-order valence-electron chi connectivity index (χ1n) is 5.51. The van der Waals surface area contributed by atoms with E-state index in [1.165, 1.54) is 0 Å². The Morgan fingerprint density at radius 2 is 2.28 bits per heavy atom. The number of hydrogen-bond acceptors (Lipinski definition) is 4. The zero-order valence-electron chi connectivity index (χ0n) is 10.3. The minimum Gasteiger partial charge on any atom is -0.497 e. The highest BCUT2D eigenvalue weighted by molar-refractivity contribution is 5.51. The number of methoxy groups -OCH3 is 1. The van der Waals surface area contributed by atoms with E-state index in [4.69, 9.17) is 15.7 Å². The molecule has 0 aliphatic rings. The summed E-state index contributed by atoms with van der Waals surface area (Å²) in [6.07, 6.45) is 0. The van der Waals surface area contributed by atoms with Gasteiger partial charge in [-0.1, -0.05) is 12.1 Å². The monoisotopic (exact) mass is 242 g/mol. The number of aryl methyl sites for hydroxylation is 1. The van der Waals surface area contributed by atoms with Crippen LogP contribution in [0.15, 0.2) is 24.3 Å². The van der Waals surface area contributed by atoms with Crippen molar-refractivity contribution in [3.05, 3.63) is 41.1 Å². The molecule has 0 saturated carbocycles. The van der Waals surface area contributed by atoms with E-state index in [2.05, 4.69) is 11.2 Å². The van der Waals surface area contributed by atoms with E-state index in [0.717, 1.165) is 11.3 Å². The van der Waals surface area contributed by atoms with E-state index < -0.39 is 0 Å². The SMILES string of the molecule is COc1cccc(Cn2nc(C)c(C#N)c2N)c1. The van der Waals surface area contributed by atoms with Gasteiger partial charge in [-0.3, -0.25) is 0 Å². The smallest absolute Gasteiger partial charge is 0.140 e. The fraction of sp³-hybridized carbons (Fsp3) is 0.231. The highest BCUT2D eigenvalue weighted by Gasteiger charge is 2.11. The number of nitrogen functional groups attached to an aromatic ring is 1. The summed E-state index contributed by atoms with van der Waals surface area (Å²) in [6, 6.07) is 9.73. The van der Waals surface area contributed by atoms with Crippen molar-refractivity contribution in [1.82, 2.24) is 9.78 Å². The molecule has 1 heterocycles. The molecule has 2 rings (SSSR count). The van der Waals surface area contributed by atoms with Crippen LogP contribution in [0.2, 0.25) is 0 Å². The third-order valence-electron chi connectivity index (χ3n) is 2.75. The van der Waals surface area contributed by atoms with Crippen LogP contribution in [-0.2, 0) is 6.54 Å². The van der Waals surface area contributed by atoms with Crippen LogP contribution in [0.4, 0.5) is 5.82 Å². The Bertz CT molecular complexity index is 610. The van der Waals surface area contributed by atoms with Gasteiger partial charge in [0.1, 0.15) is 23.2 Å². The van der Waals surface area contributed by atoms with Crippen LogP contribution >= 0.6 is 0 Å². The molecular weight excluding hydrogens is 228 g/mol. The Balaban J connectivity index is 2.32. The number of ether oxygens (including phenoxy) is 1. The Labute approximate surface area is 105 Å². The van der Waals surface area contributed by atoms with Gasteiger partial charge in [-0.05, 0) is 24.6 Å². The molecule has 5 nitrogen and oxygen atoms in total. The molecule has 0 unspecified atom stereocenters. The molecule has 0 aliphatic heterocycles. The molecule has 0 saturated heterocycles. The van der Waals surface area contributed by atoms with Crippen molar-refractivity contribution < 1.29 is 4.74 Å². The van der Waals surface area contributed by atoms with Crippen molar-refractivity contribution in [1.29, 1.82) is 5.26 Å². The van der Waals surface area contributed by atoms with Gasteiger partial charge in [0.05, 0.1) is 19.3 Å². The van der Waals surface area contributed by atoms with Gasteiger partial charge >= 0.3 is 0 Å². The number of rotatable bonds is 3. The van der Waals surface area contributed by atoms with Crippen LogP contribution in [0.25, 0.3) is 0 Å². The minimum atomic E-state index is 0.401. The molecule has 0 fully saturated rings. The molecule has 0 atom stereocenters. The van der Waals surface area contributed by atoms with Gasteiger partial charge in [-0.25, -0.2) is 4.68 Å². The van der Waals surface area contributed by atoms with Crippen LogP contribution in [-0.4, -0.2) is 16.9 Å². The zero-order chi connectivity index (χ0) is 13.1. The third-order valence-corrected chi connectivity index (χ3v) is 2.75. The highest BCUT2D eigenvalue weighted by atomic mass is 16.5. The van der Waals surface area contributed by atoms with Crippen LogP contribution < -0.4 is 10.5 Å². The lowest BCUT2D eigenvalue weighted by atomic mass is 10.2. The summed E-state index contributed by atoms with van der Waals surface area (Å²) in [5, 5.41) is 13.2. The zero-order valence-corrected chi connectivity index (χ0v) is 10.3. The van der Waals surface area contributed by atoms with Gasteiger partial charge in [0.25, 0.3) is 0 Å². The lowest BCUT2D eigenvalue weighted by Crippen LogP contribution is -2.06. The quantitative estimate of drug-likeness (QED) is 0.888. The number of anilines is 1. The first kappa shape index (κ1) is 12.0. The van der Waals surface area contributed by atoms with Crippen molar-refractivity contribution in [3.8, 4) is 11.8 Å². The standard InChI is InChI=1S/C13H14N4O/c1-9-12(7-14)13(15)17(16-9)8-10-4-3-5-11(6-10)18-2/h3-6H,8,15H2,1-2H3. The van der Waals surface area contributed by atoms with Gasteiger partial charge < -0.3 is 10.5 Å². The first-order valence-corrected chi connectivity index (χ1v) is 5.51. The molecule has 18 heavy (non-hydrogen) atoms. The van der Waals surface area contributed by atoms with Gasteiger partial charge in [-0.15, -0.1) is 0 Å². The lowest BCUT2D eigenvalue weighted by Gasteiger charge is -2.06. The molecule has 2 N–H and O–H groups in total. The summed E-state index contributed by atoms with van der Waals surface area (Å²) in [5.74, 6) is 1.19. The Kier molecular flexibility index (Phi) is 3.20. The molecule has 2 aromatic rings. The normalized spacial score (nSPS) is 10.1.